The first-order chi connectivity index (χ1) is 10.0. The van der Waals surface area contributed by atoms with Gasteiger partial charge in [-0.3, -0.25) is 4.79 Å². The number of hydrogen-bond acceptors (Lipinski definition) is 3. The van der Waals surface area contributed by atoms with Crippen LogP contribution < -0.4 is 9.47 Å². The van der Waals surface area contributed by atoms with Gasteiger partial charge in [0.05, 0.1) is 11.6 Å². The van der Waals surface area contributed by atoms with Gasteiger partial charge in [0.15, 0.2) is 24.0 Å². The van der Waals surface area contributed by atoms with E-state index in [1.807, 2.05) is 0 Å². The number of carbonyl (C=O) groups is 1. The Kier molecular flexibility index (Phi) is 4.96. The third-order valence-corrected chi connectivity index (χ3v) is 3.61. The summed E-state index contributed by atoms with van der Waals surface area (Å²) >= 11 is 3.31. The number of Topliss-reactive ketones (excluding diaryl/α,β-unsaturated/α-hetero) is 1. The van der Waals surface area contributed by atoms with Gasteiger partial charge in [0.2, 0.25) is 0 Å². The Labute approximate surface area is 130 Å². The van der Waals surface area contributed by atoms with Crippen molar-refractivity contribution in [3.63, 3.8) is 0 Å². The summed E-state index contributed by atoms with van der Waals surface area (Å²) < 4.78 is 24.8. The predicted molar refractivity (Wildman–Crippen MR) is 81.7 cm³/mol. The molecule has 0 saturated carbocycles. The highest BCUT2D eigenvalue weighted by atomic mass is 79.9. The van der Waals surface area contributed by atoms with Crippen molar-refractivity contribution in [1.82, 2.24) is 0 Å². The van der Waals surface area contributed by atoms with Crippen LogP contribution in [0.4, 0.5) is 4.39 Å². The molecule has 5 heteroatoms. The van der Waals surface area contributed by atoms with Gasteiger partial charge in [-0.15, -0.1) is 0 Å². The standard InChI is InChI=1S/C16H14BrFO3/c1-10-4-3-5-15(16(10)18)21-9-13(19)11-6-7-14(20-2)12(17)8-11/h3-8H,9H2,1-2H3. The number of halogens is 2. The monoisotopic (exact) mass is 352 g/mol. The van der Waals surface area contributed by atoms with Gasteiger partial charge in [0, 0.05) is 5.56 Å². The third kappa shape index (κ3) is 3.61. The summed E-state index contributed by atoms with van der Waals surface area (Å²) in [5, 5.41) is 0. The van der Waals surface area contributed by atoms with Crippen molar-refractivity contribution >= 4 is 21.7 Å². The Morgan fingerprint density at radius 2 is 2.00 bits per heavy atom. The zero-order valence-corrected chi connectivity index (χ0v) is 13.2. The molecule has 0 amide bonds. The molecule has 110 valence electrons. The van der Waals surface area contributed by atoms with Gasteiger partial charge < -0.3 is 9.47 Å². The molecule has 21 heavy (non-hydrogen) atoms. The van der Waals surface area contributed by atoms with Crippen molar-refractivity contribution in [2.24, 2.45) is 0 Å². The normalized spacial score (nSPS) is 10.3. The molecule has 0 atom stereocenters. The van der Waals surface area contributed by atoms with E-state index in [2.05, 4.69) is 15.9 Å². The maximum absolute atomic E-state index is 13.8. The number of aryl methyl sites for hydroxylation is 1. The van der Waals surface area contributed by atoms with Crippen LogP contribution in [0.2, 0.25) is 0 Å². The van der Waals surface area contributed by atoms with Gasteiger partial charge in [0.25, 0.3) is 0 Å². The quantitative estimate of drug-likeness (QED) is 0.757. The summed E-state index contributed by atoms with van der Waals surface area (Å²) in [6.45, 7) is 1.42. The Hall–Kier alpha value is -1.88. The Morgan fingerprint density at radius 1 is 1.24 bits per heavy atom. The van der Waals surface area contributed by atoms with Crippen LogP contribution >= 0.6 is 15.9 Å². The first-order valence-corrected chi connectivity index (χ1v) is 7.07. The molecule has 2 rings (SSSR count). The number of benzene rings is 2. The topological polar surface area (TPSA) is 35.5 Å². The number of ether oxygens (including phenoxy) is 2. The summed E-state index contributed by atoms with van der Waals surface area (Å²) in [6, 6.07) is 9.80. The van der Waals surface area contributed by atoms with Crippen molar-refractivity contribution in [3.05, 3.63) is 57.8 Å². The van der Waals surface area contributed by atoms with Crippen LogP contribution in [0, 0.1) is 12.7 Å². The predicted octanol–water partition coefficient (Wildman–Crippen LogP) is 4.17. The largest absolute Gasteiger partial charge is 0.496 e. The molecule has 0 saturated heterocycles. The molecule has 0 unspecified atom stereocenters. The molecule has 0 radical (unpaired) electrons. The molecule has 2 aromatic carbocycles. The van der Waals surface area contributed by atoms with Crippen LogP contribution in [-0.4, -0.2) is 19.5 Å². The van der Waals surface area contributed by atoms with Crippen molar-refractivity contribution in [2.45, 2.75) is 6.92 Å². The first kappa shape index (κ1) is 15.5. The van der Waals surface area contributed by atoms with E-state index >= 15 is 0 Å². The zero-order valence-electron chi connectivity index (χ0n) is 11.7. The first-order valence-electron chi connectivity index (χ1n) is 6.27. The van der Waals surface area contributed by atoms with E-state index in [0.717, 1.165) is 0 Å². The second kappa shape index (κ2) is 6.72. The number of carbonyl (C=O) groups excluding carboxylic acids is 1. The lowest BCUT2D eigenvalue weighted by molar-refractivity contribution is 0.0918. The van der Waals surface area contributed by atoms with E-state index in [4.69, 9.17) is 9.47 Å². The van der Waals surface area contributed by atoms with E-state index in [-0.39, 0.29) is 18.1 Å². The van der Waals surface area contributed by atoms with Gasteiger partial charge in [-0.05, 0) is 52.7 Å². The fourth-order valence-electron chi connectivity index (χ4n) is 1.80. The van der Waals surface area contributed by atoms with Crippen molar-refractivity contribution in [3.8, 4) is 11.5 Å². The number of rotatable bonds is 5. The van der Waals surface area contributed by atoms with E-state index in [1.165, 1.54) is 6.07 Å². The van der Waals surface area contributed by atoms with Gasteiger partial charge in [-0.2, -0.15) is 0 Å². The molecular weight excluding hydrogens is 339 g/mol. The van der Waals surface area contributed by atoms with E-state index in [9.17, 15) is 9.18 Å². The van der Waals surface area contributed by atoms with Crippen molar-refractivity contribution < 1.29 is 18.7 Å². The van der Waals surface area contributed by atoms with E-state index < -0.39 is 5.82 Å². The van der Waals surface area contributed by atoms with Gasteiger partial charge in [-0.1, -0.05) is 12.1 Å². The second-order valence-electron chi connectivity index (χ2n) is 4.45. The lowest BCUT2D eigenvalue weighted by Crippen LogP contribution is -2.12. The summed E-state index contributed by atoms with van der Waals surface area (Å²) in [7, 11) is 1.55. The van der Waals surface area contributed by atoms with E-state index in [0.29, 0.717) is 21.3 Å². The SMILES string of the molecule is COc1ccc(C(=O)COc2cccc(C)c2F)cc1Br. The Bertz CT molecular complexity index is 671. The number of hydrogen-bond donors (Lipinski definition) is 0. The number of ketones is 1. The molecule has 0 spiro atoms. The molecule has 0 fully saturated rings. The molecule has 2 aromatic rings. The fraction of sp³-hybridized carbons (Fsp3) is 0.188. The van der Waals surface area contributed by atoms with Crippen LogP contribution in [0.3, 0.4) is 0 Å². The Morgan fingerprint density at radius 3 is 2.67 bits per heavy atom. The molecule has 0 aliphatic rings. The molecule has 0 heterocycles. The fourth-order valence-corrected chi connectivity index (χ4v) is 2.34. The minimum atomic E-state index is -0.443. The highest BCUT2D eigenvalue weighted by molar-refractivity contribution is 9.10. The van der Waals surface area contributed by atoms with Crippen LogP contribution in [0.5, 0.6) is 11.5 Å². The van der Waals surface area contributed by atoms with Crippen LogP contribution in [0.15, 0.2) is 40.9 Å². The minimum absolute atomic E-state index is 0.0796. The lowest BCUT2D eigenvalue weighted by atomic mass is 10.1. The average molecular weight is 353 g/mol. The smallest absolute Gasteiger partial charge is 0.200 e. The maximum Gasteiger partial charge on any atom is 0.200 e. The Balaban J connectivity index is 2.08. The highest BCUT2D eigenvalue weighted by Crippen LogP contribution is 2.26. The number of methoxy groups -OCH3 is 1. The average Bonchev–Trinajstić information content (AvgIpc) is 2.48. The molecule has 0 aromatic heterocycles. The molecule has 3 nitrogen and oxygen atoms in total. The van der Waals surface area contributed by atoms with Gasteiger partial charge in [-0.25, -0.2) is 4.39 Å². The van der Waals surface area contributed by atoms with Crippen LogP contribution in [0.25, 0.3) is 0 Å². The van der Waals surface area contributed by atoms with Crippen LogP contribution in [0.1, 0.15) is 15.9 Å². The second-order valence-corrected chi connectivity index (χ2v) is 5.30. The maximum atomic E-state index is 13.8. The van der Waals surface area contributed by atoms with Gasteiger partial charge >= 0.3 is 0 Å². The highest BCUT2D eigenvalue weighted by Gasteiger charge is 2.12. The molecule has 0 aliphatic heterocycles. The summed E-state index contributed by atoms with van der Waals surface area (Å²) in [5.74, 6) is 0.0357. The minimum Gasteiger partial charge on any atom is -0.496 e. The summed E-state index contributed by atoms with van der Waals surface area (Å²) in [5.41, 5.74) is 0.947. The molecule has 0 N–H and O–H groups in total. The van der Waals surface area contributed by atoms with Crippen LogP contribution in [-0.2, 0) is 0 Å². The van der Waals surface area contributed by atoms with Crippen molar-refractivity contribution in [1.29, 1.82) is 0 Å². The molecule has 0 aliphatic carbocycles. The summed E-state index contributed by atoms with van der Waals surface area (Å²) in [4.78, 5) is 12.1. The molecular formula is C16H14BrFO3. The third-order valence-electron chi connectivity index (χ3n) is 2.99. The van der Waals surface area contributed by atoms with Crippen molar-refractivity contribution in [2.75, 3.05) is 13.7 Å². The van der Waals surface area contributed by atoms with E-state index in [1.54, 1.807) is 44.4 Å². The molecule has 0 bridgehead atoms. The van der Waals surface area contributed by atoms with Gasteiger partial charge in [0.1, 0.15) is 5.75 Å². The summed E-state index contributed by atoms with van der Waals surface area (Å²) in [6.07, 6.45) is 0. The zero-order chi connectivity index (χ0) is 15.4. The lowest BCUT2D eigenvalue weighted by Gasteiger charge is -2.09.